The van der Waals surface area contributed by atoms with Gasteiger partial charge < -0.3 is 28.9 Å². The first kappa shape index (κ1) is 29.1. The van der Waals surface area contributed by atoms with Crippen molar-refractivity contribution in [3.63, 3.8) is 0 Å². The molecule has 2 aromatic rings. The van der Waals surface area contributed by atoms with Crippen LogP contribution in [-0.2, 0) is 4.74 Å². The van der Waals surface area contributed by atoms with Crippen molar-refractivity contribution in [1.29, 1.82) is 0 Å². The molecular formula is C30H41BrClN5O4. The largest absolute Gasteiger partial charge is 0.487 e. The van der Waals surface area contributed by atoms with Crippen molar-refractivity contribution in [2.24, 2.45) is 5.41 Å². The van der Waals surface area contributed by atoms with E-state index in [1.54, 1.807) is 0 Å². The zero-order chi connectivity index (χ0) is 28.9. The summed E-state index contributed by atoms with van der Waals surface area (Å²) in [4.78, 5) is 28.9. The Morgan fingerprint density at radius 1 is 1.12 bits per heavy atom. The van der Waals surface area contributed by atoms with Gasteiger partial charge in [0, 0.05) is 43.0 Å². The number of halogens is 2. The fourth-order valence-corrected chi connectivity index (χ4v) is 6.89. The number of nitrogens with zero attached hydrogens (tertiary/aromatic N) is 5. The van der Waals surface area contributed by atoms with E-state index in [1.165, 1.54) is 12.8 Å². The Bertz CT molecular complexity index is 1300. The molecule has 0 bridgehead atoms. The summed E-state index contributed by atoms with van der Waals surface area (Å²) < 4.78 is 19.0. The summed E-state index contributed by atoms with van der Waals surface area (Å²) in [5, 5.41) is 1.45. The minimum atomic E-state index is -0.484. The van der Waals surface area contributed by atoms with E-state index >= 15 is 0 Å². The number of benzene rings is 1. The standard InChI is InChI=1S/C30H41BrClN5O4/c1-29(2,3)41-28(38)37-17-30(18-37)10-13-36(14-11-30)26-21-15-22(32)23(31)25(40-20-8-5-9-20)24(21)33-27(34-26)39-16-19-7-6-12-35(19)4/h15,19-20H,5-14,16-18H2,1-4H3/t19-/m0/s1. The fraction of sp³-hybridized carbons (Fsp3) is 0.700. The predicted octanol–water partition coefficient (Wildman–Crippen LogP) is 6.29. The van der Waals surface area contributed by atoms with E-state index in [0.29, 0.717) is 29.4 Å². The van der Waals surface area contributed by atoms with Crippen molar-refractivity contribution in [2.45, 2.75) is 83.5 Å². The number of hydrogen-bond acceptors (Lipinski definition) is 8. The lowest BCUT2D eigenvalue weighted by atomic mass is 9.72. The molecule has 0 unspecified atom stereocenters. The maximum Gasteiger partial charge on any atom is 0.410 e. The Morgan fingerprint density at radius 3 is 2.46 bits per heavy atom. The first-order valence-corrected chi connectivity index (χ1v) is 16.1. The third-order valence-electron chi connectivity index (χ3n) is 9.04. The van der Waals surface area contributed by atoms with Gasteiger partial charge in [-0.3, -0.25) is 0 Å². The highest BCUT2D eigenvalue weighted by Gasteiger charge is 2.48. The molecule has 1 saturated carbocycles. The molecule has 224 valence electrons. The summed E-state index contributed by atoms with van der Waals surface area (Å²) in [5.41, 5.74) is 0.372. The quantitative estimate of drug-likeness (QED) is 0.361. The number of anilines is 1. The molecule has 4 aliphatic rings. The van der Waals surface area contributed by atoms with Gasteiger partial charge in [0.2, 0.25) is 0 Å². The van der Waals surface area contributed by atoms with Crippen molar-refractivity contribution < 1.29 is 19.0 Å². The van der Waals surface area contributed by atoms with Crippen LogP contribution in [0.3, 0.4) is 0 Å². The molecule has 1 spiro atoms. The molecule has 0 N–H and O–H groups in total. The lowest BCUT2D eigenvalue weighted by Gasteiger charge is -2.53. The molecule has 1 aromatic carbocycles. The van der Waals surface area contributed by atoms with Crippen LogP contribution < -0.4 is 14.4 Å². The fourth-order valence-electron chi connectivity index (χ4n) is 6.30. The van der Waals surface area contributed by atoms with Gasteiger partial charge in [0.15, 0.2) is 5.75 Å². The zero-order valence-electron chi connectivity index (χ0n) is 24.5. The van der Waals surface area contributed by atoms with Gasteiger partial charge in [-0.05, 0) is 101 Å². The van der Waals surface area contributed by atoms with Gasteiger partial charge in [0.25, 0.3) is 0 Å². The molecule has 3 saturated heterocycles. The number of amides is 1. The van der Waals surface area contributed by atoms with Crippen LogP contribution >= 0.6 is 27.5 Å². The number of piperidine rings is 1. The van der Waals surface area contributed by atoms with Gasteiger partial charge >= 0.3 is 12.1 Å². The topological polar surface area (TPSA) is 80.3 Å². The van der Waals surface area contributed by atoms with Crippen molar-refractivity contribution in [3.05, 3.63) is 15.6 Å². The Kier molecular flexibility index (Phi) is 7.96. The van der Waals surface area contributed by atoms with E-state index in [1.807, 2.05) is 31.7 Å². The van der Waals surface area contributed by atoms with Crippen molar-refractivity contribution >= 4 is 50.3 Å². The van der Waals surface area contributed by atoms with Gasteiger partial charge in [-0.1, -0.05) is 11.6 Å². The molecule has 3 aliphatic heterocycles. The number of hydrogen-bond donors (Lipinski definition) is 0. The van der Waals surface area contributed by atoms with Gasteiger partial charge in [-0.15, -0.1) is 0 Å². The van der Waals surface area contributed by atoms with Gasteiger partial charge in [-0.2, -0.15) is 9.97 Å². The summed E-state index contributed by atoms with van der Waals surface area (Å²) >= 11 is 10.4. The van der Waals surface area contributed by atoms with Crippen LogP contribution in [0.25, 0.3) is 10.9 Å². The van der Waals surface area contributed by atoms with Crippen LogP contribution in [0, 0.1) is 5.41 Å². The second-order valence-electron chi connectivity index (χ2n) is 13.3. The highest BCUT2D eigenvalue weighted by molar-refractivity contribution is 9.10. The average Bonchev–Trinajstić information content (AvgIpc) is 3.28. The van der Waals surface area contributed by atoms with Crippen LogP contribution in [0.1, 0.15) is 65.7 Å². The smallest absolute Gasteiger partial charge is 0.410 e. The minimum absolute atomic E-state index is 0.127. The number of likely N-dealkylation sites (tertiary alicyclic amines) is 2. The molecule has 11 heteroatoms. The third-order valence-corrected chi connectivity index (χ3v) is 10.4. The van der Waals surface area contributed by atoms with Gasteiger partial charge in [0.05, 0.1) is 15.6 Å². The number of carbonyl (C=O) groups is 1. The van der Waals surface area contributed by atoms with Crippen molar-refractivity contribution in [3.8, 4) is 11.8 Å². The van der Waals surface area contributed by atoms with Crippen LogP contribution in [0.4, 0.5) is 10.6 Å². The number of ether oxygens (including phenoxy) is 3. The first-order valence-electron chi connectivity index (χ1n) is 14.9. The lowest BCUT2D eigenvalue weighted by molar-refractivity contribution is -0.0434. The molecule has 0 radical (unpaired) electrons. The van der Waals surface area contributed by atoms with Crippen LogP contribution in [0.15, 0.2) is 10.5 Å². The third kappa shape index (κ3) is 6.07. The first-order chi connectivity index (χ1) is 19.5. The monoisotopic (exact) mass is 649 g/mol. The second kappa shape index (κ2) is 11.2. The lowest BCUT2D eigenvalue weighted by Crippen LogP contribution is -2.62. The Morgan fingerprint density at radius 2 is 1.85 bits per heavy atom. The summed E-state index contributed by atoms with van der Waals surface area (Å²) in [5.74, 6) is 1.50. The van der Waals surface area contributed by atoms with Gasteiger partial charge in [-0.25, -0.2) is 4.79 Å². The molecule has 4 heterocycles. The highest BCUT2D eigenvalue weighted by Crippen LogP contribution is 2.46. The van der Waals surface area contributed by atoms with Crippen LogP contribution in [0.2, 0.25) is 5.02 Å². The van der Waals surface area contributed by atoms with Crippen molar-refractivity contribution in [1.82, 2.24) is 19.8 Å². The maximum atomic E-state index is 12.5. The Hall–Kier alpha value is -2.04. The minimum Gasteiger partial charge on any atom is -0.487 e. The van der Waals surface area contributed by atoms with E-state index < -0.39 is 5.60 Å². The summed E-state index contributed by atoms with van der Waals surface area (Å²) in [7, 11) is 2.14. The molecule has 1 atom stereocenters. The Balaban J connectivity index is 1.25. The van der Waals surface area contributed by atoms with Gasteiger partial charge in [0.1, 0.15) is 23.5 Å². The molecule has 1 aromatic heterocycles. The van der Waals surface area contributed by atoms with Crippen molar-refractivity contribution in [2.75, 3.05) is 51.3 Å². The van der Waals surface area contributed by atoms with E-state index in [4.69, 9.17) is 35.8 Å². The second-order valence-corrected chi connectivity index (χ2v) is 14.5. The molecule has 41 heavy (non-hydrogen) atoms. The number of fused-ring (bicyclic) bond motifs is 1. The summed E-state index contributed by atoms with van der Waals surface area (Å²) in [6.45, 7) is 10.5. The van der Waals surface area contributed by atoms with E-state index in [0.717, 1.165) is 86.0 Å². The summed E-state index contributed by atoms with van der Waals surface area (Å²) in [6, 6.07) is 2.68. The SMILES string of the molecule is CN1CCC[C@H]1COc1nc(N2CCC3(CC2)CN(C(=O)OC(C)(C)C)C3)c2cc(Cl)c(Br)c(OC3CCC3)c2n1. The van der Waals surface area contributed by atoms with Crippen LogP contribution in [-0.4, -0.2) is 90.0 Å². The summed E-state index contributed by atoms with van der Waals surface area (Å²) in [6.07, 6.45) is 7.42. The van der Waals surface area contributed by atoms with Crippen LogP contribution in [0.5, 0.6) is 11.8 Å². The van der Waals surface area contributed by atoms with E-state index in [9.17, 15) is 4.79 Å². The number of rotatable bonds is 6. The number of likely N-dealkylation sites (N-methyl/N-ethyl adjacent to an activating group) is 1. The Labute approximate surface area is 256 Å². The highest BCUT2D eigenvalue weighted by atomic mass is 79.9. The number of carbonyl (C=O) groups excluding carboxylic acids is 1. The van der Waals surface area contributed by atoms with E-state index in [-0.39, 0.29) is 17.6 Å². The normalized spacial score (nSPS) is 23.0. The maximum absolute atomic E-state index is 12.5. The predicted molar refractivity (Wildman–Crippen MR) is 163 cm³/mol. The number of aromatic nitrogens is 2. The molecule has 4 fully saturated rings. The molecule has 1 amide bonds. The molecule has 9 nitrogen and oxygen atoms in total. The molecular weight excluding hydrogens is 610 g/mol. The molecule has 1 aliphatic carbocycles. The molecule has 6 rings (SSSR count). The average molecular weight is 651 g/mol. The van der Waals surface area contributed by atoms with E-state index in [2.05, 4.69) is 32.8 Å². The zero-order valence-corrected chi connectivity index (χ0v) is 26.9.